The van der Waals surface area contributed by atoms with Gasteiger partial charge in [-0.1, -0.05) is 28.6 Å². The van der Waals surface area contributed by atoms with Gasteiger partial charge < -0.3 is 5.11 Å². The molecule has 0 saturated heterocycles. The Hall–Kier alpha value is -1.18. The molecule has 0 atom stereocenters. The first kappa shape index (κ1) is 14.9. The summed E-state index contributed by atoms with van der Waals surface area (Å²) in [6.07, 6.45) is 0. The molecule has 5 nitrogen and oxygen atoms in total. The molecule has 0 aliphatic rings. The first-order valence-electron chi connectivity index (χ1n) is 4.91. The minimum Gasteiger partial charge on any atom is -0.478 e. The van der Waals surface area contributed by atoms with E-state index in [4.69, 9.17) is 5.11 Å². The smallest absolute Gasteiger partial charge is 0.335 e. The Morgan fingerprint density at radius 1 is 1.50 bits per heavy atom. The standard InChI is InChI=1S/C11H12BrNO4S/c1-7(12)6-13-18(16,17)10-5-3-4-9(8(10)2)11(14)15/h3-5,13H,1,6H2,2H3,(H,14,15). The van der Waals surface area contributed by atoms with Crippen molar-refractivity contribution in [1.29, 1.82) is 0 Å². The van der Waals surface area contributed by atoms with Crippen LogP contribution in [0.4, 0.5) is 0 Å². The second kappa shape index (κ2) is 5.64. The molecule has 0 aromatic heterocycles. The van der Waals surface area contributed by atoms with Crippen LogP contribution in [0.1, 0.15) is 15.9 Å². The predicted octanol–water partition coefficient (Wildman–Crippen LogP) is 1.88. The van der Waals surface area contributed by atoms with Crippen molar-refractivity contribution in [2.45, 2.75) is 11.8 Å². The number of rotatable bonds is 5. The van der Waals surface area contributed by atoms with E-state index in [0.717, 1.165) is 0 Å². The monoisotopic (exact) mass is 333 g/mol. The topological polar surface area (TPSA) is 83.5 Å². The van der Waals surface area contributed by atoms with Gasteiger partial charge in [0.15, 0.2) is 0 Å². The Morgan fingerprint density at radius 3 is 2.61 bits per heavy atom. The highest BCUT2D eigenvalue weighted by Gasteiger charge is 2.20. The van der Waals surface area contributed by atoms with E-state index in [-0.39, 0.29) is 22.6 Å². The van der Waals surface area contributed by atoms with E-state index in [2.05, 4.69) is 27.2 Å². The van der Waals surface area contributed by atoms with Gasteiger partial charge in [-0.25, -0.2) is 17.9 Å². The summed E-state index contributed by atoms with van der Waals surface area (Å²) in [6.45, 7) is 5.02. The van der Waals surface area contributed by atoms with Crippen molar-refractivity contribution in [3.63, 3.8) is 0 Å². The van der Waals surface area contributed by atoms with Gasteiger partial charge in [-0.2, -0.15) is 0 Å². The van der Waals surface area contributed by atoms with Gasteiger partial charge in [-0.05, 0) is 24.6 Å². The van der Waals surface area contributed by atoms with E-state index in [1.54, 1.807) is 0 Å². The van der Waals surface area contributed by atoms with Crippen LogP contribution in [0.25, 0.3) is 0 Å². The zero-order valence-electron chi connectivity index (χ0n) is 9.60. The molecule has 0 spiro atoms. The lowest BCUT2D eigenvalue weighted by atomic mass is 10.1. The second-order valence-corrected chi connectivity index (χ2v) is 6.43. The van der Waals surface area contributed by atoms with Gasteiger partial charge in [0, 0.05) is 11.0 Å². The zero-order chi connectivity index (χ0) is 13.9. The third kappa shape index (κ3) is 3.41. The summed E-state index contributed by atoms with van der Waals surface area (Å²) < 4.78 is 26.7. The van der Waals surface area contributed by atoms with Gasteiger partial charge in [-0.3, -0.25) is 0 Å². The molecule has 0 fully saturated rings. The van der Waals surface area contributed by atoms with Crippen LogP contribution in [-0.2, 0) is 10.0 Å². The van der Waals surface area contributed by atoms with Crippen molar-refractivity contribution in [1.82, 2.24) is 4.72 Å². The van der Waals surface area contributed by atoms with Gasteiger partial charge in [0.1, 0.15) is 0 Å². The number of sulfonamides is 1. The molecule has 0 heterocycles. The van der Waals surface area contributed by atoms with Crippen molar-refractivity contribution in [3.8, 4) is 0 Å². The lowest BCUT2D eigenvalue weighted by Gasteiger charge is -2.10. The Labute approximate surface area is 114 Å². The third-order valence-electron chi connectivity index (χ3n) is 2.26. The Morgan fingerprint density at radius 2 is 2.11 bits per heavy atom. The summed E-state index contributed by atoms with van der Waals surface area (Å²) in [5.74, 6) is -1.16. The van der Waals surface area contributed by atoms with E-state index >= 15 is 0 Å². The molecule has 2 N–H and O–H groups in total. The van der Waals surface area contributed by atoms with Crippen molar-refractivity contribution in [3.05, 3.63) is 40.4 Å². The van der Waals surface area contributed by atoms with Gasteiger partial charge in [0.2, 0.25) is 10.0 Å². The summed E-state index contributed by atoms with van der Waals surface area (Å²) in [5.41, 5.74) is 0.174. The molecule has 0 radical (unpaired) electrons. The highest BCUT2D eigenvalue weighted by molar-refractivity contribution is 9.11. The van der Waals surface area contributed by atoms with Crippen molar-refractivity contribution < 1.29 is 18.3 Å². The summed E-state index contributed by atoms with van der Waals surface area (Å²) in [5, 5.41) is 8.94. The number of hydrogen-bond donors (Lipinski definition) is 2. The van der Waals surface area contributed by atoms with Gasteiger partial charge in [0.05, 0.1) is 10.5 Å². The fraction of sp³-hybridized carbons (Fsp3) is 0.182. The van der Waals surface area contributed by atoms with Crippen molar-refractivity contribution in [2.24, 2.45) is 0 Å². The molecule has 0 aliphatic heterocycles. The van der Waals surface area contributed by atoms with Crippen LogP contribution in [0.15, 0.2) is 34.2 Å². The van der Waals surface area contributed by atoms with Crippen LogP contribution >= 0.6 is 15.9 Å². The molecule has 0 saturated carbocycles. The van der Waals surface area contributed by atoms with E-state index in [1.807, 2.05) is 0 Å². The number of carboxylic acid groups (broad SMARTS) is 1. The zero-order valence-corrected chi connectivity index (χ0v) is 12.0. The first-order chi connectivity index (χ1) is 8.25. The molecule has 1 aromatic rings. The van der Waals surface area contributed by atoms with Gasteiger partial charge in [-0.15, -0.1) is 0 Å². The number of benzene rings is 1. The number of nitrogens with one attached hydrogen (secondary N) is 1. The molecule has 0 unspecified atom stereocenters. The molecular weight excluding hydrogens is 322 g/mol. The molecule has 0 amide bonds. The maximum absolute atomic E-state index is 12.0. The molecule has 0 bridgehead atoms. The average Bonchev–Trinajstić information content (AvgIpc) is 2.26. The maximum Gasteiger partial charge on any atom is 0.335 e. The second-order valence-electron chi connectivity index (χ2n) is 3.58. The number of aromatic carboxylic acids is 1. The number of hydrogen-bond acceptors (Lipinski definition) is 3. The minimum atomic E-state index is -3.75. The normalized spacial score (nSPS) is 11.2. The minimum absolute atomic E-state index is 0.0319. The highest BCUT2D eigenvalue weighted by atomic mass is 79.9. The van der Waals surface area contributed by atoms with Crippen molar-refractivity contribution in [2.75, 3.05) is 6.54 Å². The maximum atomic E-state index is 12.0. The Bertz CT molecular complexity index is 595. The molecule has 1 aromatic carbocycles. The lowest BCUT2D eigenvalue weighted by Crippen LogP contribution is -2.26. The largest absolute Gasteiger partial charge is 0.478 e. The van der Waals surface area contributed by atoms with Crippen molar-refractivity contribution >= 4 is 31.9 Å². The summed E-state index contributed by atoms with van der Waals surface area (Å²) >= 11 is 3.04. The predicted molar refractivity (Wildman–Crippen MR) is 71.4 cm³/mol. The number of halogens is 1. The SMILES string of the molecule is C=C(Br)CNS(=O)(=O)c1cccc(C(=O)O)c1C. The number of carbonyl (C=O) groups is 1. The average molecular weight is 334 g/mol. The quantitative estimate of drug-likeness (QED) is 0.861. The van der Waals surface area contributed by atoms with Crippen LogP contribution in [0.2, 0.25) is 0 Å². The van der Waals surface area contributed by atoms with Gasteiger partial charge >= 0.3 is 5.97 Å². The molecule has 1 rings (SSSR count). The molecule has 7 heteroatoms. The van der Waals surface area contributed by atoms with Crippen LogP contribution in [0.5, 0.6) is 0 Å². The molecule has 0 aliphatic carbocycles. The lowest BCUT2D eigenvalue weighted by molar-refractivity contribution is 0.0696. The third-order valence-corrected chi connectivity index (χ3v) is 4.08. The summed E-state index contributed by atoms with van der Waals surface area (Å²) in [6, 6.07) is 4.12. The fourth-order valence-electron chi connectivity index (χ4n) is 1.39. The Balaban J connectivity index is 3.21. The van der Waals surface area contributed by atoms with Gasteiger partial charge in [0.25, 0.3) is 0 Å². The summed E-state index contributed by atoms with van der Waals surface area (Å²) in [4.78, 5) is 10.9. The summed E-state index contributed by atoms with van der Waals surface area (Å²) in [7, 11) is -3.75. The Kier molecular flexibility index (Phi) is 4.66. The van der Waals surface area contributed by atoms with E-state index in [1.165, 1.54) is 25.1 Å². The first-order valence-corrected chi connectivity index (χ1v) is 7.19. The van der Waals surface area contributed by atoms with Crippen LogP contribution < -0.4 is 4.72 Å². The molecular formula is C11H12BrNO4S. The highest BCUT2D eigenvalue weighted by Crippen LogP contribution is 2.19. The fourth-order valence-corrected chi connectivity index (χ4v) is 3.00. The van der Waals surface area contributed by atoms with Crippen LogP contribution in [0.3, 0.4) is 0 Å². The molecule has 98 valence electrons. The van der Waals surface area contributed by atoms with Crippen LogP contribution in [-0.4, -0.2) is 26.0 Å². The van der Waals surface area contributed by atoms with Crippen LogP contribution in [0, 0.1) is 6.92 Å². The van der Waals surface area contributed by atoms with E-state index in [9.17, 15) is 13.2 Å². The van der Waals surface area contributed by atoms with E-state index in [0.29, 0.717) is 4.48 Å². The van der Waals surface area contributed by atoms with E-state index < -0.39 is 16.0 Å². The number of carboxylic acids is 1. The molecule has 18 heavy (non-hydrogen) atoms.